The SMILES string of the molecule is COc1cc(OCCN2CCOCC2)ccc1/C=C/C(=O)CC(=O)/C=C/c1ccc(OCCN2CCOCC2)cc1OC. The molecule has 0 aromatic heterocycles. The Hall–Kier alpha value is -3.70. The van der Waals surface area contributed by atoms with E-state index in [2.05, 4.69) is 9.80 Å². The molecule has 0 saturated carbocycles. The molecule has 2 aromatic rings. The Bertz CT molecular complexity index is 1150. The van der Waals surface area contributed by atoms with Gasteiger partial charge in [0, 0.05) is 62.5 Å². The molecule has 2 fully saturated rings. The monoisotopic (exact) mass is 594 g/mol. The van der Waals surface area contributed by atoms with Gasteiger partial charge < -0.3 is 28.4 Å². The molecule has 10 nitrogen and oxygen atoms in total. The maximum atomic E-state index is 12.5. The fourth-order valence-corrected chi connectivity index (χ4v) is 4.73. The highest BCUT2D eigenvalue weighted by molar-refractivity contribution is 6.11. The van der Waals surface area contributed by atoms with Gasteiger partial charge in [-0.1, -0.05) is 0 Å². The molecule has 0 N–H and O–H groups in total. The van der Waals surface area contributed by atoms with E-state index in [1.165, 1.54) is 12.2 Å². The fourth-order valence-electron chi connectivity index (χ4n) is 4.73. The van der Waals surface area contributed by atoms with Crippen LogP contribution in [0.2, 0.25) is 0 Å². The van der Waals surface area contributed by atoms with Crippen molar-refractivity contribution in [1.82, 2.24) is 9.80 Å². The van der Waals surface area contributed by atoms with Crippen LogP contribution in [0.4, 0.5) is 0 Å². The van der Waals surface area contributed by atoms with Crippen molar-refractivity contribution in [3.05, 3.63) is 59.7 Å². The number of morpholine rings is 2. The summed E-state index contributed by atoms with van der Waals surface area (Å²) in [6, 6.07) is 10.9. The summed E-state index contributed by atoms with van der Waals surface area (Å²) in [5.74, 6) is 1.94. The molecule has 43 heavy (non-hydrogen) atoms. The molecule has 4 rings (SSSR count). The van der Waals surface area contributed by atoms with E-state index in [0.717, 1.165) is 76.8 Å². The van der Waals surface area contributed by atoms with Gasteiger partial charge in [-0.2, -0.15) is 0 Å². The van der Waals surface area contributed by atoms with Crippen molar-refractivity contribution >= 4 is 23.7 Å². The van der Waals surface area contributed by atoms with E-state index in [1.807, 2.05) is 24.3 Å². The molecule has 0 spiro atoms. The highest BCUT2D eigenvalue weighted by Gasteiger charge is 2.12. The highest BCUT2D eigenvalue weighted by Crippen LogP contribution is 2.27. The van der Waals surface area contributed by atoms with Crippen molar-refractivity contribution in [2.75, 3.05) is 93.1 Å². The van der Waals surface area contributed by atoms with E-state index < -0.39 is 0 Å². The number of rotatable bonds is 16. The normalized spacial score (nSPS) is 16.4. The minimum Gasteiger partial charge on any atom is -0.496 e. The lowest BCUT2D eigenvalue weighted by Gasteiger charge is -2.26. The largest absolute Gasteiger partial charge is 0.496 e. The molecule has 2 heterocycles. The summed E-state index contributed by atoms with van der Waals surface area (Å²) in [6.45, 7) is 9.44. The van der Waals surface area contributed by atoms with Crippen LogP contribution in [0, 0.1) is 0 Å². The zero-order valence-electron chi connectivity index (χ0n) is 25.1. The van der Waals surface area contributed by atoms with Gasteiger partial charge in [-0.3, -0.25) is 19.4 Å². The van der Waals surface area contributed by atoms with Gasteiger partial charge in [0.25, 0.3) is 0 Å². The van der Waals surface area contributed by atoms with Gasteiger partial charge in [-0.15, -0.1) is 0 Å². The molecule has 10 heteroatoms. The quantitative estimate of drug-likeness (QED) is 0.213. The summed E-state index contributed by atoms with van der Waals surface area (Å²) in [5, 5.41) is 0. The van der Waals surface area contributed by atoms with Gasteiger partial charge in [0.1, 0.15) is 36.2 Å². The lowest BCUT2D eigenvalue weighted by molar-refractivity contribution is -0.121. The van der Waals surface area contributed by atoms with E-state index in [4.69, 9.17) is 28.4 Å². The Balaban J connectivity index is 1.23. The van der Waals surface area contributed by atoms with E-state index in [-0.39, 0.29) is 18.0 Å². The Kier molecular flexibility index (Phi) is 13.1. The Labute approximate surface area is 253 Å². The predicted molar refractivity (Wildman–Crippen MR) is 164 cm³/mol. The fraction of sp³-hybridized carbons (Fsp3) is 0.455. The molecule has 0 radical (unpaired) electrons. The van der Waals surface area contributed by atoms with Crippen LogP contribution in [0.25, 0.3) is 12.2 Å². The molecule has 232 valence electrons. The molecular weight excluding hydrogens is 552 g/mol. The molecule has 2 aromatic carbocycles. The van der Waals surface area contributed by atoms with Gasteiger partial charge in [0.05, 0.1) is 47.1 Å². The van der Waals surface area contributed by atoms with E-state index in [1.54, 1.807) is 38.5 Å². The van der Waals surface area contributed by atoms with Crippen LogP contribution in [-0.4, -0.2) is 114 Å². The van der Waals surface area contributed by atoms with E-state index in [9.17, 15) is 9.59 Å². The molecule has 2 aliphatic heterocycles. The number of ether oxygens (including phenoxy) is 6. The Morgan fingerprint density at radius 3 is 1.51 bits per heavy atom. The third-order valence-corrected chi connectivity index (χ3v) is 7.22. The highest BCUT2D eigenvalue weighted by atomic mass is 16.5. The van der Waals surface area contributed by atoms with Crippen molar-refractivity contribution < 1.29 is 38.0 Å². The number of hydrogen-bond acceptors (Lipinski definition) is 10. The second kappa shape index (κ2) is 17.4. The van der Waals surface area contributed by atoms with Crippen LogP contribution >= 0.6 is 0 Å². The molecule has 0 atom stereocenters. The van der Waals surface area contributed by atoms with Crippen LogP contribution in [-0.2, 0) is 19.1 Å². The number of methoxy groups -OCH3 is 2. The van der Waals surface area contributed by atoms with Gasteiger partial charge in [0.2, 0.25) is 0 Å². The number of hydrogen-bond donors (Lipinski definition) is 0. The molecule has 0 unspecified atom stereocenters. The number of carbonyl (C=O) groups excluding carboxylic acids is 2. The van der Waals surface area contributed by atoms with Crippen LogP contribution in [0.15, 0.2) is 48.6 Å². The smallest absolute Gasteiger partial charge is 0.163 e. The summed E-state index contributed by atoms with van der Waals surface area (Å²) < 4.78 is 33.5. The minimum absolute atomic E-state index is 0.247. The van der Waals surface area contributed by atoms with E-state index >= 15 is 0 Å². The summed E-state index contributed by atoms with van der Waals surface area (Å²) >= 11 is 0. The third kappa shape index (κ3) is 10.8. The molecule has 0 amide bonds. The number of nitrogens with zero attached hydrogens (tertiary/aromatic N) is 2. The topological polar surface area (TPSA) is 96.0 Å². The third-order valence-electron chi connectivity index (χ3n) is 7.22. The van der Waals surface area contributed by atoms with Gasteiger partial charge in [-0.05, 0) is 48.6 Å². The summed E-state index contributed by atoms with van der Waals surface area (Å²) in [5.41, 5.74) is 1.44. The van der Waals surface area contributed by atoms with Crippen molar-refractivity contribution in [2.24, 2.45) is 0 Å². The summed E-state index contributed by atoms with van der Waals surface area (Å²) in [7, 11) is 3.14. The first-order valence-electron chi connectivity index (χ1n) is 14.7. The van der Waals surface area contributed by atoms with E-state index in [0.29, 0.717) is 36.2 Å². The predicted octanol–water partition coefficient (Wildman–Crippen LogP) is 3.38. The standard InChI is InChI=1S/C33H42N2O8/c1-38-32-24-30(42-21-15-34-11-17-40-18-12-34)9-5-26(32)3-7-28(36)23-29(37)8-4-27-6-10-31(25-33(27)39-2)43-22-16-35-13-19-41-20-14-35/h3-10,24-25H,11-23H2,1-2H3/b7-3+,8-4+. The molecule has 0 bridgehead atoms. The number of allylic oxidation sites excluding steroid dienone is 2. The lowest BCUT2D eigenvalue weighted by atomic mass is 10.1. The minimum atomic E-state index is -0.307. The summed E-state index contributed by atoms with van der Waals surface area (Å²) in [4.78, 5) is 29.6. The van der Waals surface area contributed by atoms with Crippen molar-refractivity contribution in [1.29, 1.82) is 0 Å². The molecule has 2 saturated heterocycles. The van der Waals surface area contributed by atoms with Crippen LogP contribution < -0.4 is 18.9 Å². The number of benzene rings is 2. The second-order valence-electron chi connectivity index (χ2n) is 10.2. The van der Waals surface area contributed by atoms with Crippen LogP contribution in [0.1, 0.15) is 17.5 Å². The Morgan fingerprint density at radius 2 is 1.12 bits per heavy atom. The van der Waals surface area contributed by atoms with Gasteiger partial charge in [0.15, 0.2) is 11.6 Å². The number of carbonyl (C=O) groups is 2. The zero-order valence-corrected chi connectivity index (χ0v) is 25.1. The second-order valence-corrected chi connectivity index (χ2v) is 10.2. The van der Waals surface area contributed by atoms with Crippen molar-refractivity contribution in [3.63, 3.8) is 0 Å². The Morgan fingerprint density at radius 1 is 0.698 bits per heavy atom. The van der Waals surface area contributed by atoms with Crippen molar-refractivity contribution in [2.45, 2.75) is 6.42 Å². The van der Waals surface area contributed by atoms with Crippen LogP contribution in [0.5, 0.6) is 23.0 Å². The molecule has 0 aliphatic carbocycles. The first-order valence-corrected chi connectivity index (χ1v) is 14.7. The molecular formula is C33H42N2O8. The van der Waals surface area contributed by atoms with Crippen molar-refractivity contribution in [3.8, 4) is 23.0 Å². The average Bonchev–Trinajstić information content (AvgIpc) is 3.04. The maximum Gasteiger partial charge on any atom is 0.163 e. The summed E-state index contributed by atoms with van der Waals surface area (Å²) in [6.07, 6.45) is 5.84. The number of ketones is 2. The average molecular weight is 595 g/mol. The first-order chi connectivity index (χ1) is 21.0. The molecule has 2 aliphatic rings. The first kappa shape index (κ1) is 32.2. The van der Waals surface area contributed by atoms with Gasteiger partial charge >= 0.3 is 0 Å². The maximum absolute atomic E-state index is 12.5. The zero-order chi connectivity index (χ0) is 30.3. The lowest BCUT2D eigenvalue weighted by Crippen LogP contribution is -2.38. The van der Waals surface area contributed by atoms with Gasteiger partial charge in [-0.25, -0.2) is 0 Å². The van der Waals surface area contributed by atoms with Crippen LogP contribution in [0.3, 0.4) is 0 Å².